The van der Waals surface area contributed by atoms with Gasteiger partial charge >= 0.3 is 0 Å². The minimum atomic E-state index is -0.170. The summed E-state index contributed by atoms with van der Waals surface area (Å²) in [6.45, 7) is 1.30. The highest BCUT2D eigenvalue weighted by Crippen LogP contribution is 2.04. The number of hydrogen-bond donors (Lipinski definition) is 2. The molecule has 2 rings (SSSR count). The molecule has 20 heavy (non-hydrogen) atoms. The van der Waals surface area contributed by atoms with Crippen LogP contribution in [0.4, 0.5) is 11.5 Å². The highest BCUT2D eigenvalue weighted by atomic mass is 16.2. The zero-order valence-electron chi connectivity index (χ0n) is 11.4. The average Bonchev–Trinajstić information content (AvgIpc) is 2.84. The molecule has 2 aromatic heterocycles. The van der Waals surface area contributed by atoms with Gasteiger partial charge in [-0.25, -0.2) is 0 Å². The molecule has 0 aliphatic carbocycles. The third-order valence-corrected chi connectivity index (χ3v) is 2.59. The van der Waals surface area contributed by atoms with Gasteiger partial charge in [0, 0.05) is 26.8 Å². The zero-order valence-corrected chi connectivity index (χ0v) is 11.4. The number of carbonyl (C=O) groups excluding carboxylic acids is 1. The molecule has 0 spiro atoms. The molecule has 0 unspecified atom stereocenters. The maximum absolute atomic E-state index is 11.6. The molecule has 0 aliphatic rings. The number of hydrogen-bond acceptors (Lipinski definition) is 6. The molecule has 2 aromatic rings. The van der Waals surface area contributed by atoms with Crippen LogP contribution in [0, 0.1) is 0 Å². The van der Waals surface area contributed by atoms with Gasteiger partial charge < -0.3 is 16.0 Å². The van der Waals surface area contributed by atoms with Gasteiger partial charge in [0.05, 0.1) is 18.4 Å². The van der Waals surface area contributed by atoms with Crippen LogP contribution in [0.1, 0.15) is 10.5 Å². The smallest absolute Gasteiger partial charge is 0.273 e. The number of amides is 1. The minimum Gasteiger partial charge on any atom is -0.396 e. The summed E-state index contributed by atoms with van der Waals surface area (Å²) in [6.07, 6.45) is 3.35. The first kappa shape index (κ1) is 13.8. The molecule has 0 aliphatic heterocycles. The monoisotopic (exact) mass is 275 g/mol. The molecular formula is C12H17N7O. The number of rotatable bonds is 5. The molecule has 3 N–H and O–H groups in total. The van der Waals surface area contributed by atoms with Crippen LogP contribution in [0.15, 0.2) is 24.5 Å². The molecule has 8 nitrogen and oxygen atoms in total. The Morgan fingerprint density at radius 2 is 2.20 bits per heavy atom. The molecule has 0 radical (unpaired) electrons. The van der Waals surface area contributed by atoms with Crippen LogP contribution in [-0.4, -0.2) is 51.4 Å². The van der Waals surface area contributed by atoms with Gasteiger partial charge in [0.2, 0.25) is 0 Å². The third-order valence-electron chi connectivity index (χ3n) is 2.59. The third kappa shape index (κ3) is 3.44. The molecule has 8 heteroatoms. The van der Waals surface area contributed by atoms with Gasteiger partial charge in [0.25, 0.3) is 5.91 Å². The number of aromatic nitrogens is 4. The average molecular weight is 275 g/mol. The van der Waals surface area contributed by atoms with E-state index in [0.29, 0.717) is 30.3 Å². The standard InChI is InChI=1S/C12H17N7O/c1-18(2)12(20)10-3-4-11(17-16-10)14-5-6-19-8-9(13)7-15-19/h3-4,7-8H,5-6,13H2,1-2H3,(H,14,17). The molecule has 0 fully saturated rings. The summed E-state index contributed by atoms with van der Waals surface area (Å²) in [5.74, 6) is 0.441. The number of anilines is 2. The van der Waals surface area contributed by atoms with E-state index in [-0.39, 0.29) is 5.91 Å². The van der Waals surface area contributed by atoms with Crippen molar-refractivity contribution in [3.63, 3.8) is 0 Å². The van der Waals surface area contributed by atoms with Gasteiger partial charge in [-0.3, -0.25) is 9.48 Å². The van der Waals surface area contributed by atoms with Crippen LogP contribution in [0.3, 0.4) is 0 Å². The fraction of sp³-hybridized carbons (Fsp3) is 0.333. The Kier molecular flexibility index (Phi) is 4.14. The highest BCUT2D eigenvalue weighted by Gasteiger charge is 2.09. The number of nitrogen functional groups attached to an aromatic ring is 1. The molecule has 0 saturated heterocycles. The second kappa shape index (κ2) is 6.00. The van der Waals surface area contributed by atoms with Crippen LogP contribution >= 0.6 is 0 Å². The Bertz CT molecular complexity index is 576. The number of carbonyl (C=O) groups is 1. The zero-order chi connectivity index (χ0) is 14.5. The Morgan fingerprint density at radius 3 is 2.75 bits per heavy atom. The van der Waals surface area contributed by atoms with Gasteiger partial charge in [-0.2, -0.15) is 5.10 Å². The normalized spacial score (nSPS) is 10.3. The summed E-state index contributed by atoms with van der Waals surface area (Å²) in [4.78, 5) is 13.1. The van der Waals surface area contributed by atoms with E-state index in [0.717, 1.165) is 0 Å². The predicted molar refractivity (Wildman–Crippen MR) is 75.2 cm³/mol. The maximum Gasteiger partial charge on any atom is 0.273 e. The van der Waals surface area contributed by atoms with Crippen molar-refractivity contribution in [1.29, 1.82) is 0 Å². The van der Waals surface area contributed by atoms with Gasteiger partial charge in [-0.1, -0.05) is 0 Å². The molecule has 0 saturated carbocycles. The predicted octanol–water partition coefficient (Wildman–Crippen LogP) is 0.0692. The lowest BCUT2D eigenvalue weighted by Crippen LogP contribution is -2.23. The first-order valence-electron chi connectivity index (χ1n) is 6.13. The van der Waals surface area contributed by atoms with Gasteiger partial charge in [0.1, 0.15) is 5.82 Å². The Hall–Kier alpha value is -2.64. The Labute approximate surface area is 116 Å². The molecule has 0 aromatic carbocycles. The van der Waals surface area contributed by atoms with Crippen LogP contribution in [0.2, 0.25) is 0 Å². The largest absolute Gasteiger partial charge is 0.396 e. The summed E-state index contributed by atoms with van der Waals surface area (Å²) < 4.78 is 1.74. The fourth-order valence-corrected chi connectivity index (χ4v) is 1.57. The van der Waals surface area contributed by atoms with Crippen LogP contribution < -0.4 is 11.1 Å². The van der Waals surface area contributed by atoms with Crippen LogP contribution in [-0.2, 0) is 6.54 Å². The second-order valence-electron chi connectivity index (χ2n) is 4.47. The summed E-state index contributed by atoms with van der Waals surface area (Å²) in [5, 5.41) is 15.0. The lowest BCUT2D eigenvalue weighted by atomic mass is 10.3. The van der Waals surface area contributed by atoms with Crippen molar-refractivity contribution in [3.05, 3.63) is 30.2 Å². The molecule has 2 heterocycles. The van der Waals surface area contributed by atoms with Crippen molar-refractivity contribution in [2.45, 2.75) is 6.54 Å². The van der Waals surface area contributed by atoms with E-state index in [9.17, 15) is 4.79 Å². The summed E-state index contributed by atoms with van der Waals surface area (Å²) in [6, 6.07) is 3.37. The Morgan fingerprint density at radius 1 is 1.40 bits per heavy atom. The van der Waals surface area contributed by atoms with Crippen molar-refractivity contribution >= 4 is 17.4 Å². The maximum atomic E-state index is 11.6. The summed E-state index contributed by atoms with van der Waals surface area (Å²) in [5.41, 5.74) is 6.52. The van der Waals surface area contributed by atoms with E-state index in [2.05, 4.69) is 20.6 Å². The van der Waals surface area contributed by atoms with E-state index >= 15 is 0 Å². The van der Waals surface area contributed by atoms with Crippen molar-refractivity contribution in [1.82, 2.24) is 24.9 Å². The molecule has 0 atom stereocenters. The minimum absolute atomic E-state index is 0.170. The molecule has 1 amide bonds. The topological polar surface area (TPSA) is 102 Å². The molecule has 106 valence electrons. The van der Waals surface area contributed by atoms with E-state index < -0.39 is 0 Å². The number of nitrogens with zero attached hydrogens (tertiary/aromatic N) is 5. The van der Waals surface area contributed by atoms with Gasteiger partial charge in [0.15, 0.2) is 5.69 Å². The molecule has 0 bridgehead atoms. The second-order valence-corrected chi connectivity index (χ2v) is 4.47. The molecular weight excluding hydrogens is 258 g/mol. The van der Waals surface area contributed by atoms with E-state index in [1.807, 2.05) is 0 Å². The van der Waals surface area contributed by atoms with E-state index in [1.165, 1.54) is 4.90 Å². The van der Waals surface area contributed by atoms with Gasteiger partial charge in [-0.15, -0.1) is 10.2 Å². The SMILES string of the molecule is CN(C)C(=O)c1ccc(NCCn2cc(N)cn2)nn1. The lowest BCUT2D eigenvalue weighted by molar-refractivity contribution is 0.0821. The van der Waals surface area contributed by atoms with Gasteiger partial charge in [-0.05, 0) is 12.1 Å². The Balaban J connectivity index is 1.86. The number of nitrogens with one attached hydrogen (secondary N) is 1. The van der Waals surface area contributed by atoms with Crippen molar-refractivity contribution in [2.75, 3.05) is 31.7 Å². The first-order chi connectivity index (χ1) is 9.56. The van der Waals surface area contributed by atoms with E-state index in [1.54, 1.807) is 43.3 Å². The van der Waals surface area contributed by atoms with E-state index in [4.69, 9.17) is 5.73 Å². The first-order valence-corrected chi connectivity index (χ1v) is 6.13. The van der Waals surface area contributed by atoms with Crippen LogP contribution in [0.5, 0.6) is 0 Å². The van der Waals surface area contributed by atoms with Crippen LogP contribution in [0.25, 0.3) is 0 Å². The highest BCUT2D eigenvalue weighted by molar-refractivity contribution is 5.91. The van der Waals surface area contributed by atoms with Crippen molar-refractivity contribution < 1.29 is 4.79 Å². The number of nitrogens with two attached hydrogens (primary N) is 1. The summed E-state index contributed by atoms with van der Waals surface area (Å²) in [7, 11) is 3.35. The fourth-order valence-electron chi connectivity index (χ4n) is 1.57. The van der Waals surface area contributed by atoms with Crippen molar-refractivity contribution in [2.24, 2.45) is 0 Å². The quantitative estimate of drug-likeness (QED) is 0.800. The summed E-state index contributed by atoms with van der Waals surface area (Å²) >= 11 is 0. The lowest BCUT2D eigenvalue weighted by Gasteiger charge is -2.09. The van der Waals surface area contributed by atoms with Crippen molar-refractivity contribution in [3.8, 4) is 0 Å².